The quantitative estimate of drug-likeness (QED) is 0.729. The van der Waals surface area contributed by atoms with E-state index < -0.39 is 4.87 Å². The lowest BCUT2D eigenvalue weighted by molar-refractivity contribution is -0.124. The van der Waals surface area contributed by atoms with Gasteiger partial charge in [0.25, 0.3) is 0 Å². The molecule has 15 heavy (non-hydrogen) atoms. The van der Waals surface area contributed by atoms with Crippen molar-refractivity contribution in [3.05, 3.63) is 0 Å². The maximum Gasteiger partial charge on any atom is 0.240 e. The van der Waals surface area contributed by atoms with Crippen molar-refractivity contribution in [3.63, 3.8) is 0 Å². The SMILES string of the molecule is CC.CC(NC(=O)C(C)(C)Cl)C(C)(C)C. The van der Waals surface area contributed by atoms with Gasteiger partial charge in [0.05, 0.1) is 0 Å². The van der Waals surface area contributed by atoms with Gasteiger partial charge in [0.15, 0.2) is 0 Å². The second-order valence-corrected chi connectivity index (χ2v) is 5.98. The van der Waals surface area contributed by atoms with Gasteiger partial charge in [-0.15, -0.1) is 11.6 Å². The Morgan fingerprint density at radius 2 is 1.47 bits per heavy atom. The first-order valence-electron chi connectivity index (χ1n) is 5.55. The summed E-state index contributed by atoms with van der Waals surface area (Å²) in [4.78, 5) is 10.7. The number of alkyl halides is 1. The molecule has 0 fully saturated rings. The fraction of sp³-hybridized carbons (Fsp3) is 0.917. The number of rotatable bonds is 2. The fourth-order valence-electron chi connectivity index (χ4n) is 0.585. The lowest BCUT2D eigenvalue weighted by Gasteiger charge is -2.30. The minimum Gasteiger partial charge on any atom is -0.352 e. The van der Waals surface area contributed by atoms with Gasteiger partial charge in [0.2, 0.25) is 5.91 Å². The first-order chi connectivity index (χ1) is 6.55. The highest BCUT2D eigenvalue weighted by atomic mass is 35.5. The van der Waals surface area contributed by atoms with Gasteiger partial charge in [-0.1, -0.05) is 34.6 Å². The molecule has 92 valence electrons. The average molecular weight is 236 g/mol. The van der Waals surface area contributed by atoms with Crippen LogP contribution >= 0.6 is 11.6 Å². The number of halogens is 1. The highest BCUT2D eigenvalue weighted by Gasteiger charge is 2.29. The Labute approximate surface area is 99.8 Å². The van der Waals surface area contributed by atoms with Crippen LogP contribution in [0.2, 0.25) is 0 Å². The summed E-state index contributed by atoms with van der Waals surface area (Å²) in [6, 6.07) is 0.123. The molecule has 0 aliphatic rings. The van der Waals surface area contributed by atoms with Crippen LogP contribution in [0, 0.1) is 5.41 Å². The summed E-state index contributed by atoms with van der Waals surface area (Å²) in [5, 5.41) is 2.89. The van der Waals surface area contributed by atoms with Crippen molar-refractivity contribution in [3.8, 4) is 0 Å². The Bertz CT molecular complexity index is 189. The van der Waals surface area contributed by atoms with Crippen LogP contribution in [0.3, 0.4) is 0 Å². The molecule has 1 N–H and O–H groups in total. The summed E-state index contributed by atoms with van der Waals surface area (Å²) in [6.45, 7) is 15.6. The summed E-state index contributed by atoms with van der Waals surface area (Å²) < 4.78 is 0. The third-order valence-corrected chi connectivity index (χ3v) is 2.36. The van der Waals surface area contributed by atoms with Crippen LogP contribution in [0.1, 0.15) is 55.4 Å². The van der Waals surface area contributed by atoms with E-state index in [1.807, 2.05) is 20.8 Å². The number of carbonyl (C=O) groups is 1. The second-order valence-electron chi connectivity index (χ2n) is 5.03. The van der Waals surface area contributed by atoms with Crippen molar-refractivity contribution >= 4 is 17.5 Å². The summed E-state index contributed by atoms with van der Waals surface area (Å²) in [7, 11) is 0. The minimum atomic E-state index is -0.820. The van der Waals surface area contributed by atoms with Crippen molar-refractivity contribution in [2.45, 2.75) is 66.3 Å². The molecule has 2 nitrogen and oxygen atoms in total. The molecule has 0 heterocycles. The molecule has 0 bridgehead atoms. The van der Waals surface area contributed by atoms with Gasteiger partial charge in [-0.25, -0.2) is 0 Å². The van der Waals surface area contributed by atoms with Crippen LogP contribution in [-0.2, 0) is 4.79 Å². The van der Waals surface area contributed by atoms with E-state index >= 15 is 0 Å². The summed E-state index contributed by atoms with van der Waals surface area (Å²) in [5.41, 5.74) is 0.0673. The van der Waals surface area contributed by atoms with E-state index in [0.717, 1.165) is 0 Å². The van der Waals surface area contributed by atoms with Crippen LogP contribution < -0.4 is 5.32 Å². The molecule has 1 atom stereocenters. The number of carbonyl (C=O) groups excluding carboxylic acids is 1. The molecule has 0 aromatic carbocycles. The smallest absolute Gasteiger partial charge is 0.240 e. The highest BCUT2D eigenvalue weighted by molar-refractivity contribution is 6.34. The number of amides is 1. The molecule has 0 radical (unpaired) electrons. The van der Waals surface area contributed by atoms with Gasteiger partial charge >= 0.3 is 0 Å². The third kappa shape index (κ3) is 7.66. The molecule has 0 saturated carbocycles. The van der Waals surface area contributed by atoms with Crippen molar-refractivity contribution in [1.82, 2.24) is 5.32 Å². The fourth-order valence-corrected chi connectivity index (χ4v) is 0.639. The lowest BCUT2D eigenvalue weighted by atomic mass is 9.88. The van der Waals surface area contributed by atoms with E-state index in [0.29, 0.717) is 0 Å². The van der Waals surface area contributed by atoms with Crippen LogP contribution in [-0.4, -0.2) is 16.8 Å². The largest absolute Gasteiger partial charge is 0.352 e. The van der Waals surface area contributed by atoms with E-state index in [-0.39, 0.29) is 17.4 Å². The molecule has 1 amide bonds. The zero-order valence-electron chi connectivity index (χ0n) is 11.4. The Morgan fingerprint density at radius 1 is 1.13 bits per heavy atom. The van der Waals surface area contributed by atoms with Gasteiger partial charge in [0, 0.05) is 6.04 Å². The van der Waals surface area contributed by atoms with Crippen molar-refractivity contribution in [2.75, 3.05) is 0 Å². The third-order valence-electron chi connectivity index (χ3n) is 2.19. The Kier molecular flexibility index (Phi) is 7.28. The van der Waals surface area contributed by atoms with Crippen molar-refractivity contribution in [2.24, 2.45) is 5.41 Å². The van der Waals surface area contributed by atoms with E-state index in [1.165, 1.54) is 0 Å². The lowest BCUT2D eigenvalue weighted by Crippen LogP contribution is -2.47. The monoisotopic (exact) mass is 235 g/mol. The molecule has 0 spiro atoms. The highest BCUT2D eigenvalue weighted by Crippen LogP contribution is 2.20. The maximum absolute atomic E-state index is 11.5. The molecular weight excluding hydrogens is 210 g/mol. The second kappa shape index (κ2) is 6.37. The predicted molar refractivity (Wildman–Crippen MR) is 68.3 cm³/mol. The molecular formula is C12H26ClNO. The molecule has 3 heteroatoms. The maximum atomic E-state index is 11.5. The van der Waals surface area contributed by atoms with Crippen molar-refractivity contribution in [1.29, 1.82) is 0 Å². The minimum absolute atomic E-state index is 0.0673. The number of hydrogen-bond acceptors (Lipinski definition) is 1. The molecule has 0 aromatic rings. The van der Waals surface area contributed by atoms with E-state index in [9.17, 15) is 4.79 Å². The number of hydrogen-bond donors (Lipinski definition) is 1. The Hall–Kier alpha value is -0.240. The van der Waals surface area contributed by atoms with Gasteiger partial charge in [-0.2, -0.15) is 0 Å². The zero-order valence-corrected chi connectivity index (χ0v) is 12.1. The van der Waals surface area contributed by atoms with E-state index in [2.05, 4.69) is 26.1 Å². The zero-order chi connectivity index (χ0) is 12.9. The molecule has 0 aromatic heterocycles. The normalized spacial score (nSPS) is 13.7. The Balaban J connectivity index is 0. The van der Waals surface area contributed by atoms with Gasteiger partial charge in [-0.3, -0.25) is 4.79 Å². The van der Waals surface area contributed by atoms with E-state index in [4.69, 9.17) is 11.6 Å². The van der Waals surface area contributed by atoms with Gasteiger partial charge in [-0.05, 0) is 26.2 Å². The predicted octanol–water partition coefficient (Wildman–Crippen LogP) is 3.58. The van der Waals surface area contributed by atoms with Crippen LogP contribution in [0.15, 0.2) is 0 Å². The van der Waals surface area contributed by atoms with E-state index in [1.54, 1.807) is 13.8 Å². The molecule has 0 saturated heterocycles. The summed E-state index contributed by atoms with van der Waals surface area (Å²) in [6.07, 6.45) is 0. The summed E-state index contributed by atoms with van der Waals surface area (Å²) in [5.74, 6) is -0.114. The topological polar surface area (TPSA) is 29.1 Å². The molecule has 0 rings (SSSR count). The molecule has 0 aliphatic carbocycles. The van der Waals surface area contributed by atoms with Crippen LogP contribution in [0.5, 0.6) is 0 Å². The Morgan fingerprint density at radius 3 is 1.67 bits per heavy atom. The summed E-state index contributed by atoms with van der Waals surface area (Å²) >= 11 is 5.87. The van der Waals surface area contributed by atoms with Gasteiger partial charge in [0.1, 0.15) is 4.87 Å². The first kappa shape index (κ1) is 17.2. The van der Waals surface area contributed by atoms with Gasteiger partial charge < -0.3 is 5.32 Å². The standard InChI is InChI=1S/C10H20ClNO.C2H6/c1-7(9(2,3)4)12-8(13)10(5,6)11;1-2/h7H,1-6H3,(H,12,13);1-2H3. The average Bonchev–Trinajstić information content (AvgIpc) is 2.04. The molecule has 0 aliphatic heterocycles. The van der Waals surface area contributed by atoms with Crippen LogP contribution in [0.4, 0.5) is 0 Å². The first-order valence-corrected chi connectivity index (χ1v) is 5.93. The molecule has 1 unspecified atom stereocenters. The van der Waals surface area contributed by atoms with Crippen molar-refractivity contribution < 1.29 is 4.79 Å². The van der Waals surface area contributed by atoms with Crippen LogP contribution in [0.25, 0.3) is 0 Å². The number of nitrogens with one attached hydrogen (secondary N) is 1.